The van der Waals surface area contributed by atoms with Crippen LogP contribution in [0.3, 0.4) is 0 Å². The van der Waals surface area contributed by atoms with Gasteiger partial charge in [0.05, 0.1) is 0 Å². The minimum absolute atomic E-state index is 1.06. The van der Waals surface area contributed by atoms with Crippen molar-refractivity contribution in [1.82, 2.24) is 0 Å². The number of hydrogen-bond acceptors (Lipinski definition) is 0. The SMILES string of the molecule is [CH3][Pb]([CH3])([CH3])[C]1=[C]CC=C1. The second kappa shape index (κ2) is 2.56. The van der Waals surface area contributed by atoms with Gasteiger partial charge in [0.1, 0.15) is 0 Å². The molecule has 0 bridgehead atoms. The van der Waals surface area contributed by atoms with Crippen LogP contribution in [0.5, 0.6) is 0 Å². The van der Waals surface area contributed by atoms with E-state index in [9.17, 15) is 0 Å². The summed E-state index contributed by atoms with van der Waals surface area (Å²) in [5.74, 6) is 0. The van der Waals surface area contributed by atoms with Gasteiger partial charge < -0.3 is 0 Å². The van der Waals surface area contributed by atoms with Crippen molar-refractivity contribution in [2.24, 2.45) is 0 Å². The number of allylic oxidation sites excluding steroid dienone is 4. The zero-order valence-electron chi connectivity index (χ0n) is 6.36. The molecule has 1 heteroatoms. The van der Waals surface area contributed by atoms with E-state index in [1.165, 1.54) is 0 Å². The first kappa shape index (κ1) is 7.51. The van der Waals surface area contributed by atoms with E-state index in [4.69, 9.17) is 0 Å². The number of rotatable bonds is 1. The molecule has 0 saturated carbocycles. The van der Waals surface area contributed by atoms with Crippen LogP contribution in [-0.2, 0) is 0 Å². The van der Waals surface area contributed by atoms with Gasteiger partial charge >= 0.3 is 62.4 Å². The molecule has 0 unspecified atom stereocenters. The van der Waals surface area contributed by atoms with Crippen molar-refractivity contribution >= 4 is 21.2 Å². The van der Waals surface area contributed by atoms with Crippen molar-refractivity contribution in [3.63, 3.8) is 0 Å². The van der Waals surface area contributed by atoms with Crippen molar-refractivity contribution in [2.75, 3.05) is 0 Å². The Kier molecular flexibility index (Phi) is 2.14. The zero-order chi connectivity index (χ0) is 6.91. The predicted octanol–water partition coefficient (Wildman–Crippen LogP) is 2.55. The monoisotopic (exact) mass is 317 g/mol. The predicted molar refractivity (Wildman–Crippen MR) is 43.9 cm³/mol. The molecule has 0 saturated heterocycles. The standard InChI is InChI=1S/C5H4.3CH3.Pb/c1-2-4-5-3-1;;;;/h1-2H,3H2;3*1H3;. The van der Waals surface area contributed by atoms with Gasteiger partial charge in [-0.15, -0.1) is 0 Å². The van der Waals surface area contributed by atoms with Crippen molar-refractivity contribution in [1.29, 1.82) is 0 Å². The molecule has 0 aromatic heterocycles. The summed E-state index contributed by atoms with van der Waals surface area (Å²) in [7, 11) is 0. The second-order valence-corrected chi connectivity index (χ2v) is 23.0. The molecular formula is C8H13Pb. The van der Waals surface area contributed by atoms with Crippen molar-refractivity contribution in [3.8, 4) is 0 Å². The van der Waals surface area contributed by atoms with Gasteiger partial charge in [-0.25, -0.2) is 0 Å². The van der Waals surface area contributed by atoms with Crippen LogP contribution >= 0.6 is 0 Å². The second-order valence-electron chi connectivity index (χ2n) is 3.45. The van der Waals surface area contributed by atoms with Gasteiger partial charge in [0.25, 0.3) is 0 Å². The van der Waals surface area contributed by atoms with E-state index >= 15 is 0 Å². The van der Waals surface area contributed by atoms with Gasteiger partial charge in [0.2, 0.25) is 0 Å². The molecule has 0 aliphatic heterocycles. The van der Waals surface area contributed by atoms with Gasteiger partial charge in [-0.05, 0) is 0 Å². The van der Waals surface area contributed by atoms with Gasteiger partial charge in [0, 0.05) is 0 Å². The maximum atomic E-state index is 3.40. The van der Waals surface area contributed by atoms with Crippen LogP contribution in [0.4, 0.5) is 0 Å². The average Bonchev–Trinajstić information content (AvgIpc) is 2.08. The van der Waals surface area contributed by atoms with Gasteiger partial charge in [0.15, 0.2) is 0 Å². The van der Waals surface area contributed by atoms with Crippen molar-refractivity contribution in [2.45, 2.75) is 19.9 Å². The van der Waals surface area contributed by atoms with E-state index in [0.717, 1.165) is 6.42 Å². The summed E-state index contributed by atoms with van der Waals surface area (Å²) in [6.45, 7) is 0. The Bertz CT molecular complexity index is 158. The molecule has 0 spiro atoms. The fourth-order valence-electron chi connectivity index (χ4n) is 0.920. The van der Waals surface area contributed by atoms with Crippen molar-refractivity contribution < 1.29 is 0 Å². The molecule has 0 aromatic rings. The summed E-state index contributed by atoms with van der Waals surface area (Å²) < 4.78 is 8.88. The van der Waals surface area contributed by atoms with Gasteiger partial charge in [-0.1, -0.05) is 0 Å². The molecule has 0 amide bonds. The first-order valence-corrected chi connectivity index (χ1v) is 17.0. The summed E-state index contributed by atoms with van der Waals surface area (Å²) in [6, 6.07) is 0. The molecule has 49 valence electrons. The van der Waals surface area contributed by atoms with Crippen LogP contribution in [0.1, 0.15) is 6.42 Å². The quantitative estimate of drug-likeness (QED) is 0.652. The molecule has 1 rings (SSSR count). The molecule has 0 nitrogen and oxygen atoms in total. The first-order valence-electron chi connectivity index (χ1n) is 3.38. The van der Waals surface area contributed by atoms with E-state index in [0.29, 0.717) is 0 Å². The summed E-state index contributed by atoms with van der Waals surface area (Å²) in [6.07, 6.45) is 8.94. The zero-order valence-corrected chi connectivity index (χ0v) is 10.2. The third kappa shape index (κ3) is 1.92. The van der Waals surface area contributed by atoms with Crippen molar-refractivity contribution in [3.05, 3.63) is 21.4 Å². The molecular weight excluding hydrogens is 303 g/mol. The van der Waals surface area contributed by atoms with E-state index in [-0.39, 0.29) is 0 Å². The van der Waals surface area contributed by atoms with Gasteiger partial charge in [-0.3, -0.25) is 0 Å². The third-order valence-electron chi connectivity index (χ3n) is 1.50. The normalized spacial score (nSPS) is 18.3. The minimum atomic E-state index is -1.79. The summed E-state index contributed by atoms with van der Waals surface area (Å²) in [5, 5.41) is 0. The molecule has 0 N–H and O–H groups in total. The fraction of sp³-hybridized carbons (Fsp3) is 0.500. The Morgan fingerprint density at radius 1 is 1.44 bits per heavy atom. The Morgan fingerprint density at radius 2 is 2.11 bits per heavy atom. The molecule has 0 heterocycles. The molecule has 1 aliphatic rings. The molecule has 1 radical (unpaired) electrons. The summed E-state index contributed by atoms with van der Waals surface area (Å²) in [4.78, 5) is 0. The molecule has 9 heavy (non-hydrogen) atoms. The number of hydrogen-bond donors (Lipinski definition) is 0. The first-order chi connectivity index (χ1) is 4.11. The topological polar surface area (TPSA) is 0 Å². The summed E-state index contributed by atoms with van der Waals surface area (Å²) in [5.41, 5.74) is 0. The van der Waals surface area contributed by atoms with E-state index in [2.05, 4.69) is 31.7 Å². The van der Waals surface area contributed by atoms with Crippen LogP contribution in [0.15, 0.2) is 15.3 Å². The molecule has 1 aliphatic carbocycles. The molecule has 0 atom stereocenters. The molecule has 0 fully saturated rings. The van der Waals surface area contributed by atoms with Gasteiger partial charge in [-0.2, -0.15) is 0 Å². The van der Waals surface area contributed by atoms with Crippen LogP contribution in [-0.4, -0.2) is 21.2 Å². The van der Waals surface area contributed by atoms with Crippen LogP contribution in [0.25, 0.3) is 0 Å². The Balaban J connectivity index is 2.73. The van der Waals surface area contributed by atoms with Crippen LogP contribution < -0.4 is 0 Å². The van der Waals surface area contributed by atoms with E-state index in [1.54, 1.807) is 3.13 Å². The molecule has 0 aromatic carbocycles. The van der Waals surface area contributed by atoms with E-state index in [1.807, 2.05) is 0 Å². The Morgan fingerprint density at radius 3 is 2.33 bits per heavy atom. The average molecular weight is 316 g/mol. The Hall–Kier alpha value is 0.402. The fourth-order valence-corrected chi connectivity index (χ4v) is 5.78. The summed E-state index contributed by atoms with van der Waals surface area (Å²) >= 11 is -1.79. The Labute approximate surface area is 62.3 Å². The third-order valence-corrected chi connectivity index (χ3v) is 9.12. The van der Waals surface area contributed by atoms with Crippen LogP contribution in [0.2, 0.25) is 13.4 Å². The van der Waals surface area contributed by atoms with Crippen LogP contribution in [0, 0.1) is 6.08 Å². The van der Waals surface area contributed by atoms with E-state index < -0.39 is 21.2 Å². The maximum absolute atomic E-state index is 3.40.